The molecule has 0 radical (unpaired) electrons. The maximum Gasteiger partial charge on any atom is 0.237 e. The van der Waals surface area contributed by atoms with Gasteiger partial charge in [-0.25, -0.2) is 0 Å². The van der Waals surface area contributed by atoms with Crippen molar-refractivity contribution < 1.29 is 9.59 Å². The van der Waals surface area contributed by atoms with Crippen LogP contribution in [-0.2, 0) is 22.4 Å². The SMILES string of the molecule is CC(=O)CCCCC[C@H](NCCc1c[nH]c2ccccc12)C(=O)NCCc1c(-c2ccccc2)[nH]c2ccccc12. The predicted molar refractivity (Wildman–Crippen MR) is 168 cm³/mol. The number of carbonyl (C=O) groups excluding carboxylic acids is 2. The molecule has 212 valence electrons. The van der Waals surface area contributed by atoms with Gasteiger partial charge in [-0.3, -0.25) is 4.79 Å². The average Bonchev–Trinajstić information content (AvgIpc) is 3.58. The Balaban J connectivity index is 1.22. The first-order valence-corrected chi connectivity index (χ1v) is 14.8. The van der Waals surface area contributed by atoms with E-state index in [1.165, 1.54) is 21.9 Å². The van der Waals surface area contributed by atoms with Gasteiger partial charge in [0.2, 0.25) is 5.91 Å². The molecule has 0 aliphatic heterocycles. The number of amides is 1. The number of nitrogens with one attached hydrogen (secondary N) is 4. The Morgan fingerprint density at radius 2 is 1.51 bits per heavy atom. The highest BCUT2D eigenvalue weighted by atomic mass is 16.2. The van der Waals surface area contributed by atoms with E-state index in [4.69, 9.17) is 0 Å². The number of aromatic amines is 2. The van der Waals surface area contributed by atoms with Crippen molar-refractivity contribution in [1.29, 1.82) is 0 Å². The number of para-hydroxylation sites is 2. The van der Waals surface area contributed by atoms with Gasteiger partial charge in [0.05, 0.1) is 6.04 Å². The topological polar surface area (TPSA) is 89.8 Å². The minimum Gasteiger partial charge on any atom is -0.361 e. The largest absolute Gasteiger partial charge is 0.361 e. The first-order valence-electron chi connectivity index (χ1n) is 14.8. The molecular formula is C35H40N4O2. The van der Waals surface area contributed by atoms with Crippen LogP contribution in [-0.4, -0.2) is 40.8 Å². The van der Waals surface area contributed by atoms with E-state index in [9.17, 15) is 9.59 Å². The fraction of sp³-hybridized carbons (Fsp3) is 0.314. The van der Waals surface area contributed by atoms with E-state index >= 15 is 0 Å². The summed E-state index contributed by atoms with van der Waals surface area (Å²) in [4.78, 5) is 31.7. The Hall–Kier alpha value is -4.16. The molecule has 6 nitrogen and oxygen atoms in total. The lowest BCUT2D eigenvalue weighted by Gasteiger charge is -2.19. The monoisotopic (exact) mass is 548 g/mol. The smallest absolute Gasteiger partial charge is 0.237 e. The number of hydrogen-bond donors (Lipinski definition) is 4. The number of benzene rings is 3. The first kappa shape index (κ1) is 28.4. The molecule has 0 fully saturated rings. The highest BCUT2D eigenvalue weighted by Gasteiger charge is 2.19. The van der Waals surface area contributed by atoms with E-state index in [1.54, 1.807) is 6.92 Å². The van der Waals surface area contributed by atoms with Gasteiger partial charge in [-0.2, -0.15) is 0 Å². The molecule has 2 aromatic heterocycles. The lowest BCUT2D eigenvalue weighted by molar-refractivity contribution is -0.123. The van der Waals surface area contributed by atoms with Gasteiger partial charge in [0.25, 0.3) is 0 Å². The zero-order chi connectivity index (χ0) is 28.4. The Morgan fingerprint density at radius 1 is 0.780 bits per heavy atom. The number of hydrogen-bond acceptors (Lipinski definition) is 3. The number of H-pyrrole nitrogens is 2. The van der Waals surface area contributed by atoms with Crippen molar-refractivity contribution in [3.05, 3.63) is 96.2 Å². The van der Waals surface area contributed by atoms with Crippen LogP contribution in [0.5, 0.6) is 0 Å². The third-order valence-electron chi connectivity index (χ3n) is 7.85. The highest BCUT2D eigenvalue weighted by Crippen LogP contribution is 2.30. The number of carbonyl (C=O) groups is 2. The molecular weight excluding hydrogens is 508 g/mol. The molecule has 6 heteroatoms. The first-order chi connectivity index (χ1) is 20.1. The third kappa shape index (κ3) is 7.33. The number of Topliss-reactive ketones (excluding diaryl/α,β-unsaturated/α-hetero) is 1. The number of rotatable bonds is 15. The van der Waals surface area contributed by atoms with Gasteiger partial charge in [-0.15, -0.1) is 0 Å². The van der Waals surface area contributed by atoms with Gasteiger partial charge >= 0.3 is 0 Å². The summed E-state index contributed by atoms with van der Waals surface area (Å²) in [7, 11) is 0. The average molecular weight is 549 g/mol. The highest BCUT2D eigenvalue weighted by molar-refractivity contribution is 5.91. The van der Waals surface area contributed by atoms with Gasteiger partial charge in [-0.1, -0.05) is 79.6 Å². The van der Waals surface area contributed by atoms with Crippen molar-refractivity contribution in [2.24, 2.45) is 0 Å². The lowest BCUT2D eigenvalue weighted by atomic mass is 10.0. The zero-order valence-electron chi connectivity index (χ0n) is 23.8. The normalized spacial score (nSPS) is 12.1. The van der Waals surface area contributed by atoms with E-state index in [0.717, 1.165) is 60.8 Å². The molecule has 41 heavy (non-hydrogen) atoms. The molecule has 4 N–H and O–H groups in total. The van der Waals surface area contributed by atoms with Crippen LogP contribution >= 0.6 is 0 Å². The molecule has 0 spiro atoms. The Morgan fingerprint density at radius 3 is 2.32 bits per heavy atom. The molecule has 1 amide bonds. The molecule has 3 aromatic carbocycles. The van der Waals surface area contributed by atoms with E-state index in [-0.39, 0.29) is 17.7 Å². The summed E-state index contributed by atoms with van der Waals surface area (Å²) in [5, 5.41) is 9.18. The van der Waals surface area contributed by atoms with E-state index in [2.05, 4.69) is 87.5 Å². The minimum absolute atomic E-state index is 0.0385. The standard InChI is InChI=1S/C35H40N4O2/c1-25(40)12-4-2-7-19-33(36-22-20-27-24-38-31-17-10-8-15-28(27)31)35(41)37-23-21-30-29-16-9-11-18-32(29)39-34(30)26-13-5-3-6-14-26/h3,5-6,8-11,13-18,24,33,36,38-39H,2,4,7,12,19-23H2,1H3,(H,37,41)/t33-/m0/s1. The molecule has 2 heterocycles. The van der Waals surface area contributed by atoms with Crippen molar-refractivity contribution in [3.63, 3.8) is 0 Å². The summed E-state index contributed by atoms with van der Waals surface area (Å²) in [6.45, 7) is 2.92. The molecule has 0 bridgehead atoms. The Kier molecular flexibility index (Phi) is 9.65. The van der Waals surface area contributed by atoms with Crippen molar-refractivity contribution in [3.8, 4) is 11.3 Å². The summed E-state index contributed by atoms with van der Waals surface area (Å²) in [6, 6.07) is 26.8. The molecule has 1 atom stereocenters. The number of fused-ring (bicyclic) bond motifs is 2. The minimum atomic E-state index is -0.269. The molecule has 0 aliphatic carbocycles. The van der Waals surface area contributed by atoms with Gasteiger partial charge in [0.1, 0.15) is 5.78 Å². The Labute approximate surface area is 241 Å². The molecule has 0 unspecified atom stereocenters. The van der Waals surface area contributed by atoms with Crippen LogP contribution in [0.3, 0.4) is 0 Å². The van der Waals surface area contributed by atoms with Crippen LogP contribution < -0.4 is 10.6 Å². The fourth-order valence-electron chi connectivity index (χ4n) is 5.69. The van der Waals surface area contributed by atoms with E-state index in [1.807, 2.05) is 18.2 Å². The quantitative estimate of drug-likeness (QED) is 0.110. The summed E-state index contributed by atoms with van der Waals surface area (Å²) in [5.74, 6) is 0.264. The second-order valence-electron chi connectivity index (χ2n) is 10.8. The molecule has 5 rings (SSSR count). The number of ketones is 1. The maximum atomic E-state index is 13.4. The van der Waals surface area contributed by atoms with Crippen molar-refractivity contribution in [2.45, 2.75) is 57.9 Å². The Bertz CT molecular complexity index is 1580. The van der Waals surface area contributed by atoms with Gasteiger partial charge in [0, 0.05) is 46.7 Å². The van der Waals surface area contributed by atoms with Gasteiger partial charge < -0.3 is 25.4 Å². The van der Waals surface area contributed by atoms with E-state index < -0.39 is 0 Å². The van der Waals surface area contributed by atoms with Crippen LogP contribution in [0.25, 0.3) is 33.1 Å². The number of unbranched alkanes of at least 4 members (excludes halogenated alkanes) is 2. The summed E-state index contributed by atoms with van der Waals surface area (Å²) in [6.07, 6.45) is 7.74. The fourth-order valence-corrected chi connectivity index (χ4v) is 5.69. The van der Waals surface area contributed by atoms with Gasteiger partial charge in [-0.05, 0) is 68.0 Å². The second-order valence-corrected chi connectivity index (χ2v) is 10.8. The lowest BCUT2D eigenvalue weighted by Crippen LogP contribution is -2.45. The summed E-state index contributed by atoms with van der Waals surface area (Å²) < 4.78 is 0. The summed E-state index contributed by atoms with van der Waals surface area (Å²) >= 11 is 0. The molecule has 0 aliphatic rings. The molecule has 0 saturated heterocycles. The van der Waals surface area contributed by atoms with Crippen molar-refractivity contribution in [2.75, 3.05) is 13.1 Å². The van der Waals surface area contributed by atoms with Crippen LogP contribution in [0.4, 0.5) is 0 Å². The van der Waals surface area contributed by atoms with Crippen molar-refractivity contribution >= 4 is 33.5 Å². The van der Waals surface area contributed by atoms with Crippen LogP contribution in [0, 0.1) is 0 Å². The maximum absolute atomic E-state index is 13.4. The summed E-state index contributed by atoms with van der Waals surface area (Å²) in [5.41, 5.74) is 6.97. The van der Waals surface area contributed by atoms with Gasteiger partial charge in [0.15, 0.2) is 0 Å². The molecule has 5 aromatic rings. The van der Waals surface area contributed by atoms with Crippen LogP contribution in [0.1, 0.15) is 50.2 Å². The van der Waals surface area contributed by atoms with E-state index in [0.29, 0.717) is 19.5 Å². The molecule has 0 saturated carbocycles. The third-order valence-corrected chi connectivity index (χ3v) is 7.85. The zero-order valence-corrected chi connectivity index (χ0v) is 23.8. The number of aromatic nitrogens is 2. The second kappa shape index (κ2) is 14.0. The predicted octanol–water partition coefficient (Wildman–Crippen LogP) is 6.72. The van der Waals surface area contributed by atoms with Crippen LogP contribution in [0.15, 0.2) is 85.1 Å². The van der Waals surface area contributed by atoms with Crippen molar-refractivity contribution in [1.82, 2.24) is 20.6 Å². The van der Waals surface area contributed by atoms with Crippen LogP contribution in [0.2, 0.25) is 0 Å².